The Morgan fingerprint density at radius 2 is 1.95 bits per heavy atom. The fourth-order valence-electron chi connectivity index (χ4n) is 1.89. The van der Waals surface area contributed by atoms with E-state index in [9.17, 15) is 0 Å². The van der Waals surface area contributed by atoms with Gasteiger partial charge in [-0.15, -0.1) is 0 Å². The zero-order valence-electron chi connectivity index (χ0n) is 12.0. The van der Waals surface area contributed by atoms with E-state index in [0.717, 1.165) is 19.7 Å². The summed E-state index contributed by atoms with van der Waals surface area (Å²) < 4.78 is 5.55. The van der Waals surface area contributed by atoms with Gasteiger partial charge in [-0.25, -0.2) is 0 Å². The second-order valence-corrected chi connectivity index (χ2v) is 5.52. The van der Waals surface area contributed by atoms with Crippen molar-refractivity contribution in [1.82, 2.24) is 4.90 Å². The molecule has 1 aromatic carbocycles. The van der Waals surface area contributed by atoms with Crippen LogP contribution in [-0.2, 0) is 4.74 Å². The molecule has 0 heterocycles. The molecule has 0 aliphatic carbocycles. The van der Waals surface area contributed by atoms with E-state index >= 15 is 0 Å². The van der Waals surface area contributed by atoms with Gasteiger partial charge in [0, 0.05) is 19.0 Å². The summed E-state index contributed by atoms with van der Waals surface area (Å²) in [4.78, 5) is 2.75. The summed E-state index contributed by atoms with van der Waals surface area (Å²) >= 11 is 5.19. The van der Waals surface area contributed by atoms with Crippen LogP contribution in [0.3, 0.4) is 0 Å². The summed E-state index contributed by atoms with van der Waals surface area (Å²) in [5.74, 6) is 0.0975. The van der Waals surface area contributed by atoms with Crippen LogP contribution in [-0.4, -0.2) is 42.7 Å². The van der Waals surface area contributed by atoms with Crippen molar-refractivity contribution in [2.75, 3.05) is 26.7 Å². The van der Waals surface area contributed by atoms with Gasteiger partial charge in [0.05, 0.1) is 17.7 Å². The van der Waals surface area contributed by atoms with Gasteiger partial charge in [0.1, 0.15) is 0 Å². The Kier molecular flexibility index (Phi) is 6.99. The number of rotatable bonds is 8. The molecule has 0 aliphatic heterocycles. The number of likely N-dealkylation sites (N-methyl/N-ethyl adjacent to an activating group) is 1. The molecular weight excluding hydrogens is 256 g/mol. The fraction of sp³-hybridized carbons (Fsp3) is 0.533. The quantitative estimate of drug-likeness (QED) is 0.742. The Balaban J connectivity index is 2.53. The molecule has 2 N–H and O–H groups in total. The average Bonchev–Trinajstić information content (AvgIpc) is 2.36. The maximum Gasteiger partial charge on any atom is 0.0816 e. The number of hydrogen-bond acceptors (Lipinski definition) is 3. The Labute approximate surface area is 121 Å². The van der Waals surface area contributed by atoms with E-state index in [-0.39, 0.29) is 12.0 Å². The van der Waals surface area contributed by atoms with E-state index in [1.54, 1.807) is 0 Å². The van der Waals surface area contributed by atoms with Crippen molar-refractivity contribution in [2.45, 2.75) is 25.9 Å². The number of hydrogen-bond donors (Lipinski definition) is 1. The van der Waals surface area contributed by atoms with Crippen LogP contribution < -0.4 is 5.73 Å². The van der Waals surface area contributed by atoms with Crippen molar-refractivity contribution in [3.63, 3.8) is 0 Å². The Hall–Kier alpha value is -0.970. The predicted molar refractivity (Wildman–Crippen MR) is 84.6 cm³/mol. The lowest BCUT2D eigenvalue weighted by Gasteiger charge is -2.24. The third kappa shape index (κ3) is 6.14. The van der Waals surface area contributed by atoms with Crippen molar-refractivity contribution in [3.8, 4) is 0 Å². The largest absolute Gasteiger partial charge is 0.393 e. The van der Waals surface area contributed by atoms with Crippen molar-refractivity contribution in [2.24, 2.45) is 5.73 Å². The molecule has 1 unspecified atom stereocenters. The second kappa shape index (κ2) is 8.25. The minimum Gasteiger partial charge on any atom is -0.393 e. The van der Waals surface area contributed by atoms with Crippen LogP contribution >= 0.6 is 12.2 Å². The highest BCUT2D eigenvalue weighted by atomic mass is 32.1. The number of nitrogens with two attached hydrogens (primary N) is 1. The van der Waals surface area contributed by atoms with E-state index in [0.29, 0.717) is 4.99 Å². The van der Waals surface area contributed by atoms with Gasteiger partial charge in [-0.2, -0.15) is 0 Å². The van der Waals surface area contributed by atoms with Crippen molar-refractivity contribution >= 4 is 17.2 Å². The monoisotopic (exact) mass is 280 g/mol. The minimum absolute atomic E-state index is 0.0975. The van der Waals surface area contributed by atoms with Crippen LogP contribution in [0.5, 0.6) is 0 Å². The first kappa shape index (κ1) is 16.1. The lowest BCUT2D eigenvalue weighted by Crippen LogP contribution is -2.33. The van der Waals surface area contributed by atoms with E-state index < -0.39 is 0 Å². The Bertz CT molecular complexity index is 381. The average molecular weight is 280 g/mol. The third-order valence-electron chi connectivity index (χ3n) is 2.96. The van der Waals surface area contributed by atoms with Crippen LogP contribution in [0, 0.1) is 0 Å². The molecule has 1 aromatic rings. The Morgan fingerprint density at radius 1 is 1.32 bits per heavy atom. The zero-order valence-corrected chi connectivity index (χ0v) is 12.8. The molecule has 0 fully saturated rings. The van der Waals surface area contributed by atoms with E-state index in [1.165, 1.54) is 5.56 Å². The van der Waals surface area contributed by atoms with Gasteiger partial charge in [0.15, 0.2) is 0 Å². The standard InChI is InChI=1S/C15H24N2OS/c1-12(2)18-10-9-17(3)11-14(15(16)19)13-7-5-4-6-8-13/h4-8,12,14H,9-11H2,1-3H3,(H2,16,19). The first-order valence-corrected chi connectivity index (χ1v) is 7.06. The molecule has 19 heavy (non-hydrogen) atoms. The van der Waals surface area contributed by atoms with Gasteiger partial charge < -0.3 is 15.4 Å². The molecule has 3 nitrogen and oxygen atoms in total. The molecule has 4 heteroatoms. The van der Waals surface area contributed by atoms with Crippen molar-refractivity contribution in [3.05, 3.63) is 35.9 Å². The van der Waals surface area contributed by atoms with Gasteiger partial charge >= 0.3 is 0 Å². The molecule has 0 amide bonds. The van der Waals surface area contributed by atoms with Crippen LogP contribution in [0.2, 0.25) is 0 Å². The maximum atomic E-state index is 5.87. The second-order valence-electron chi connectivity index (χ2n) is 5.05. The third-order valence-corrected chi connectivity index (χ3v) is 3.25. The predicted octanol–water partition coefficient (Wildman–Crippen LogP) is 2.41. The molecule has 0 spiro atoms. The molecule has 0 saturated heterocycles. The summed E-state index contributed by atoms with van der Waals surface area (Å²) in [5.41, 5.74) is 7.04. The van der Waals surface area contributed by atoms with E-state index in [1.807, 2.05) is 32.0 Å². The van der Waals surface area contributed by atoms with E-state index in [4.69, 9.17) is 22.7 Å². The Morgan fingerprint density at radius 3 is 2.47 bits per heavy atom. The molecule has 0 bridgehead atoms. The first-order chi connectivity index (χ1) is 9.00. The number of benzene rings is 1. The molecule has 0 aliphatic rings. The minimum atomic E-state index is 0.0975. The summed E-state index contributed by atoms with van der Waals surface area (Å²) in [6.07, 6.45) is 0.272. The summed E-state index contributed by atoms with van der Waals surface area (Å²) in [6, 6.07) is 10.2. The smallest absolute Gasteiger partial charge is 0.0816 e. The van der Waals surface area contributed by atoms with Crippen molar-refractivity contribution < 1.29 is 4.74 Å². The molecule has 0 saturated carbocycles. The normalized spacial score (nSPS) is 12.9. The van der Waals surface area contributed by atoms with Crippen LogP contribution in [0.15, 0.2) is 30.3 Å². The van der Waals surface area contributed by atoms with E-state index in [2.05, 4.69) is 24.1 Å². The van der Waals surface area contributed by atoms with Gasteiger partial charge in [-0.05, 0) is 26.5 Å². The fourth-order valence-corrected chi connectivity index (χ4v) is 2.10. The zero-order chi connectivity index (χ0) is 14.3. The highest BCUT2D eigenvalue weighted by molar-refractivity contribution is 7.80. The van der Waals surface area contributed by atoms with Crippen LogP contribution in [0.25, 0.3) is 0 Å². The summed E-state index contributed by atoms with van der Waals surface area (Å²) in [7, 11) is 2.07. The lowest BCUT2D eigenvalue weighted by molar-refractivity contribution is 0.0637. The summed E-state index contributed by atoms with van der Waals surface area (Å²) in [6.45, 7) is 6.52. The van der Waals surface area contributed by atoms with Gasteiger partial charge in [-0.1, -0.05) is 42.5 Å². The molecule has 0 aromatic heterocycles. The molecule has 1 atom stereocenters. The SMILES string of the molecule is CC(C)OCCN(C)CC(C(N)=S)c1ccccc1. The molecule has 0 radical (unpaired) electrons. The first-order valence-electron chi connectivity index (χ1n) is 6.65. The van der Waals surface area contributed by atoms with Gasteiger partial charge in [0.2, 0.25) is 0 Å². The van der Waals surface area contributed by atoms with Crippen molar-refractivity contribution in [1.29, 1.82) is 0 Å². The van der Waals surface area contributed by atoms with Crippen LogP contribution in [0.1, 0.15) is 25.3 Å². The highest BCUT2D eigenvalue weighted by Gasteiger charge is 2.16. The molecule has 106 valence electrons. The topological polar surface area (TPSA) is 38.5 Å². The molecular formula is C15H24N2OS. The number of thiocarbonyl (C=S) groups is 1. The highest BCUT2D eigenvalue weighted by Crippen LogP contribution is 2.16. The number of ether oxygens (including phenoxy) is 1. The summed E-state index contributed by atoms with van der Waals surface area (Å²) in [5, 5.41) is 0. The maximum absolute atomic E-state index is 5.87. The van der Waals surface area contributed by atoms with Crippen LogP contribution in [0.4, 0.5) is 0 Å². The number of nitrogens with zero attached hydrogens (tertiary/aromatic N) is 1. The van der Waals surface area contributed by atoms with Gasteiger partial charge in [0.25, 0.3) is 0 Å². The lowest BCUT2D eigenvalue weighted by atomic mass is 9.99. The molecule has 1 rings (SSSR count). The van der Waals surface area contributed by atoms with Gasteiger partial charge in [-0.3, -0.25) is 0 Å².